The van der Waals surface area contributed by atoms with Gasteiger partial charge in [-0.25, -0.2) is 0 Å². The molecule has 0 aromatic heterocycles. The van der Waals surface area contributed by atoms with Crippen molar-refractivity contribution in [3.63, 3.8) is 0 Å². The minimum Gasteiger partial charge on any atom is -0.381 e. The number of guanidine groups is 1. The summed E-state index contributed by atoms with van der Waals surface area (Å²) in [6.07, 6.45) is 11.7. The molecule has 0 amide bonds. The zero-order chi connectivity index (χ0) is 21.8. The Morgan fingerprint density at radius 2 is 1.91 bits per heavy atom. The largest absolute Gasteiger partial charge is 0.381 e. The predicted molar refractivity (Wildman–Crippen MR) is 132 cm³/mol. The number of methoxy groups -OCH3 is 1. The third kappa shape index (κ3) is 6.48. The number of nitrogens with one attached hydrogen (secondary N) is 1. The predicted octanol–water partition coefficient (Wildman–Crippen LogP) is 5.25. The molecule has 3 fully saturated rings. The molecule has 0 bridgehead atoms. The number of benzene rings is 1. The van der Waals surface area contributed by atoms with Crippen LogP contribution in [0.5, 0.6) is 0 Å². The zero-order valence-corrected chi connectivity index (χ0v) is 19.4. The summed E-state index contributed by atoms with van der Waals surface area (Å²) >= 11 is 0. The molecule has 5 heteroatoms. The van der Waals surface area contributed by atoms with Gasteiger partial charge in [-0.15, -0.1) is 0 Å². The van der Waals surface area contributed by atoms with Gasteiger partial charge in [-0.1, -0.05) is 38.5 Å². The lowest BCUT2D eigenvalue weighted by atomic mass is 9.74. The first-order valence-corrected chi connectivity index (χ1v) is 12.4. The highest BCUT2D eigenvalue weighted by Gasteiger charge is 2.33. The quantitative estimate of drug-likeness (QED) is 0.383. The molecule has 2 atom stereocenters. The summed E-state index contributed by atoms with van der Waals surface area (Å²) in [5.41, 5.74) is 10.4. The summed E-state index contributed by atoms with van der Waals surface area (Å²) in [6.45, 7) is 4.63. The maximum Gasteiger partial charge on any atom is 0.188 e. The molecule has 4 rings (SSSR count). The Bertz CT molecular complexity index is 736. The van der Waals surface area contributed by atoms with Crippen LogP contribution in [0.15, 0.2) is 18.2 Å². The molecule has 180 valence electrons. The molecule has 0 spiro atoms. The van der Waals surface area contributed by atoms with Crippen LogP contribution in [0.4, 0.5) is 0 Å². The molecular weight excluding hydrogens is 398 g/mol. The van der Waals surface area contributed by atoms with Gasteiger partial charge in [-0.2, -0.15) is 0 Å². The molecule has 2 aliphatic carbocycles. The van der Waals surface area contributed by atoms with Crippen LogP contribution >= 0.6 is 0 Å². The SMILES string of the molecule is C.COC1CCC(C(CN(CC2CCO2)C(=N)N)c2cc(CCC3CC3)ccc2C)CC1. The van der Waals surface area contributed by atoms with Gasteiger partial charge in [-0.3, -0.25) is 5.41 Å². The number of aryl methyl sites for hydroxylation is 2. The topological polar surface area (TPSA) is 71.6 Å². The van der Waals surface area contributed by atoms with Gasteiger partial charge in [0.25, 0.3) is 0 Å². The van der Waals surface area contributed by atoms with Gasteiger partial charge in [0.15, 0.2) is 5.96 Å². The van der Waals surface area contributed by atoms with Gasteiger partial charge in [-0.05, 0) is 80.4 Å². The van der Waals surface area contributed by atoms with E-state index in [1.54, 1.807) is 0 Å². The average molecular weight is 444 g/mol. The smallest absolute Gasteiger partial charge is 0.188 e. The standard InChI is InChI=1S/C26H41N3O2.CH4/c1-18-3-4-20(8-7-19-5-6-19)15-24(18)25(21-9-11-22(30-2)12-10-21)17-29(26(27)28)16-23-13-14-31-23;/h3-4,15,19,21-23,25H,5-14,16-17H2,1-2H3,(H3,27,28);1H4. The molecule has 2 saturated carbocycles. The summed E-state index contributed by atoms with van der Waals surface area (Å²) in [6, 6.07) is 7.12. The highest BCUT2D eigenvalue weighted by atomic mass is 16.5. The van der Waals surface area contributed by atoms with E-state index in [4.69, 9.17) is 20.6 Å². The molecule has 1 aromatic rings. The molecule has 1 aromatic carbocycles. The molecule has 1 heterocycles. The van der Waals surface area contributed by atoms with E-state index < -0.39 is 0 Å². The van der Waals surface area contributed by atoms with Crippen molar-refractivity contribution in [1.29, 1.82) is 5.41 Å². The molecule has 0 radical (unpaired) electrons. The van der Waals surface area contributed by atoms with Crippen molar-refractivity contribution in [2.24, 2.45) is 17.6 Å². The Balaban J connectivity index is 0.00000289. The van der Waals surface area contributed by atoms with Crippen LogP contribution in [-0.2, 0) is 15.9 Å². The Labute approximate surface area is 195 Å². The average Bonchev–Trinajstić information content (AvgIpc) is 3.57. The van der Waals surface area contributed by atoms with Crippen molar-refractivity contribution in [1.82, 2.24) is 4.90 Å². The van der Waals surface area contributed by atoms with Crippen molar-refractivity contribution >= 4 is 5.96 Å². The van der Waals surface area contributed by atoms with Crippen LogP contribution in [0.1, 0.15) is 81.4 Å². The highest BCUT2D eigenvalue weighted by molar-refractivity contribution is 5.74. The Hall–Kier alpha value is -1.59. The fraction of sp³-hybridized carbons (Fsp3) is 0.741. The van der Waals surface area contributed by atoms with Gasteiger partial charge in [0.1, 0.15) is 0 Å². The minimum atomic E-state index is 0. The van der Waals surface area contributed by atoms with Crippen LogP contribution in [0.2, 0.25) is 0 Å². The molecule has 32 heavy (non-hydrogen) atoms. The number of nitrogens with two attached hydrogens (primary N) is 1. The third-order valence-corrected chi connectivity index (χ3v) is 7.88. The van der Waals surface area contributed by atoms with Gasteiger partial charge in [0, 0.05) is 32.7 Å². The van der Waals surface area contributed by atoms with Crippen LogP contribution in [0.25, 0.3) is 0 Å². The monoisotopic (exact) mass is 443 g/mol. The molecule has 1 aliphatic heterocycles. The van der Waals surface area contributed by atoms with Crippen LogP contribution in [0, 0.1) is 24.2 Å². The van der Waals surface area contributed by atoms with E-state index in [1.807, 2.05) is 7.11 Å². The van der Waals surface area contributed by atoms with Crippen LogP contribution < -0.4 is 5.73 Å². The van der Waals surface area contributed by atoms with Gasteiger partial charge in [0.05, 0.1) is 12.2 Å². The molecule has 5 nitrogen and oxygen atoms in total. The normalized spacial score (nSPS) is 26.0. The van der Waals surface area contributed by atoms with Crippen molar-refractivity contribution in [3.8, 4) is 0 Å². The Kier molecular flexibility index (Phi) is 9.01. The molecule has 3 N–H and O–H groups in total. The second-order valence-electron chi connectivity index (χ2n) is 10.1. The fourth-order valence-electron chi connectivity index (χ4n) is 5.43. The van der Waals surface area contributed by atoms with Gasteiger partial charge >= 0.3 is 0 Å². The molecular formula is C27H45N3O2. The minimum absolute atomic E-state index is 0. The van der Waals surface area contributed by atoms with E-state index in [1.165, 1.54) is 55.2 Å². The maximum atomic E-state index is 8.22. The summed E-state index contributed by atoms with van der Waals surface area (Å²) in [5.74, 6) is 2.13. The van der Waals surface area contributed by atoms with E-state index >= 15 is 0 Å². The first-order valence-electron chi connectivity index (χ1n) is 12.4. The lowest BCUT2D eigenvalue weighted by molar-refractivity contribution is -0.0601. The number of hydrogen-bond donors (Lipinski definition) is 2. The zero-order valence-electron chi connectivity index (χ0n) is 19.4. The number of rotatable bonds is 10. The number of nitrogens with zero attached hydrogens (tertiary/aromatic N) is 1. The van der Waals surface area contributed by atoms with Crippen LogP contribution in [-0.4, -0.2) is 49.9 Å². The first-order chi connectivity index (χ1) is 15.0. The Morgan fingerprint density at radius 1 is 1.19 bits per heavy atom. The van der Waals surface area contributed by atoms with E-state index in [9.17, 15) is 0 Å². The lowest BCUT2D eigenvalue weighted by Crippen LogP contribution is -2.48. The van der Waals surface area contributed by atoms with Gasteiger partial charge in [0.2, 0.25) is 0 Å². The summed E-state index contributed by atoms with van der Waals surface area (Å²) < 4.78 is 11.3. The first kappa shape index (κ1) is 25.0. The van der Waals surface area contributed by atoms with E-state index in [0.717, 1.165) is 44.9 Å². The lowest BCUT2D eigenvalue weighted by Gasteiger charge is -2.39. The van der Waals surface area contributed by atoms with Crippen molar-refractivity contribution in [3.05, 3.63) is 34.9 Å². The second-order valence-corrected chi connectivity index (χ2v) is 10.1. The molecule has 3 aliphatic rings. The summed E-state index contributed by atoms with van der Waals surface area (Å²) in [7, 11) is 1.84. The van der Waals surface area contributed by atoms with Crippen molar-refractivity contribution in [2.75, 3.05) is 26.8 Å². The molecule has 1 saturated heterocycles. The van der Waals surface area contributed by atoms with E-state index in [-0.39, 0.29) is 19.5 Å². The number of ether oxygens (including phenoxy) is 2. The third-order valence-electron chi connectivity index (χ3n) is 7.88. The second kappa shape index (κ2) is 11.5. The van der Waals surface area contributed by atoms with Crippen LogP contribution in [0.3, 0.4) is 0 Å². The van der Waals surface area contributed by atoms with E-state index in [2.05, 4.69) is 30.0 Å². The maximum absolute atomic E-state index is 8.22. The highest BCUT2D eigenvalue weighted by Crippen LogP contribution is 2.40. The van der Waals surface area contributed by atoms with Crippen molar-refractivity contribution in [2.45, 2.75) is 90.3 Å². The van der Waals surface area contributed by atoms with Gasteiger partial charge < -0.3 is 20.1 Å². The summed E-state index contributed by atoms with van der Waals surface area (Å²) in [5, 5.41) is 8.22. The summed E-state index contributed by atoms with van der Waals surface area (Å²) in [4.78, 5) is 2.06. The Morgan fingerprint density at radius 3 is 2.47 bits per heavy atom. The molecule has 2 unspecified atom stereocenters. The van der Waals surface area contributed by atoms with E-state index in [0.29, 0.717) is 17.9 Å². The van der Waals surface area contributed by atoms with Crippen molar-refractivity contribution < 1.29 is 9.47 Å². The number of hydrogen-bond acceptors (Lipinski definition) is 3. The fourth-order valence-corrected chi connectivity index (χ4v) is 5.43.